The Balaban J connectivity index is 1.21. The lowest BCUT2D eigenvalue weighted by molar-refractivity contribution is -0.135. The van der Waals surface area contributed by atoms with Gasteiger partial charge < -0.3 is 20.1 Å². The molecule has 2 saturated heterocycles. The lowest BCUT2D eigenvalue weighted by Gasteiger charge is -2.42. The average Bonchev–Trinajstić information content (AvgIpc) is 2.75. The Hall–Kier alpha value is -2.88. The molecule has 168 valence electrons. The van der Waals surface area contributed by atoms with E-state index in [-0.39, 0.29) is 17.4 Å². The third-order valence-electron chi connectivity index (χ3n) is 6.26. The van der Waals surface area contributed by atoms with Crippen molar-refractivity contribution in [3.63, 3.8) is 0 Å². The number of nitrogens with one attached hydrogen (secondary N) is 1. The van der Waals surface area contributed by atoms with Crippen molar-refractivity contribution in [2.45, 2.75) is 10.8 Å². The topological polar surface area (TPSA) is 99.2 Å². The van der Waals surface area contributed by atoms with E-state index in [1.54, 1.807) is 23.1 Å². The molecule has 8 nitrogen and oxygen atoms in total. The molecule has 3 aliphatic heterocycles. The maximum atomic E-state index is 13.0. The molecule has 32 heavy (non-hydrogen) atoms. The van der Waals surface area contributed by atoms with Crippen LogP contribution in [0.1, 0.15) is 11.5 Å². The average molecular weight is 456 g/mol. The predicted octanol–water partition coefficient (Wildman–Crippen LogP) is 1.41. The van der Waals surface area contributed by atoms with Crippen LogP contribution in [0.25, 0.3) is 0 Å². The minimum Gasteiger partial charge on any atom is -0.490 e. The minimum absolute atomic E-state index is 0.101. The third-order valence-corrected chi connectivity index (χ3v) is 8.04. The fraction of sp³-hybridized carbons (Fsp3) is 0.348. The van der Waals surface area contributed by atoms with Gasteiger partial charge in [0.1, 0.15) is 12.4 Å². The smallest absolute Gasteiger partial charge is 0.243 e. The van der Waals surface area contributed by atoms with Crippen LogP contribution in [0.5, 0.6) is 5.75 Å². The highest BCUT2D eigenvalue weighted by atomic mass is 32.2. The van der Waals surface area contributed by atoms with Gasteiger partial charge >= 0.3 is 0 Å². The molecule has 2 aromatic rings. The van der Waals surface area contributed by atoms with Gasteiger partial charge in [-0.1, -0.05) is 30.3 Å². The van der Waals surface area contributed by atoms with Gasteiger partial charge in [-0.2, -0.15) is 4.31 Å². The Labute approximate surface area is 187 Å². The highest BCUT2D eigenvalue weighted by Crippen LogP contribution is 2.35. The molecule has 2 aromatic carbocycles. The number of anilines is 1. The number of nitrogens with zero attached hydrogens (tertiary/aromatic N) is 2. The molecular formula is C23H25N3O5S. The van der Waals surface area contributed by atoms with Crippen LogP contribution in [-0.2, 0) is 14.8 Å². The van der Waals surface area contributed by atoms with Crippen molar-refractivity contribution >= 4 is 21.6 Å². The van der Waals surface area contributed by atoms with E-state index in [0.717, 1.165) is 16.7 Å². The summed E-state index contributed by atoms with van der Waals surface area (Å²) in [6.07, 6.45) is 0. The van der Waals surface area contributed by atoms with Gasteiger partial charge in [-0.15, -0.1) is 0 Å². The molecule has 0 radical (unpaired) electrons. The quantitative estimate of drug-likeness (QED) is 0.662. The van der Waals surface area contributed by atoms with E-state index in [1.165, 1.54) is 4.31 Å². The summed E-state index contributed by atoms with van der Waals surface area (Å²) in [5, 5.41) is 12.9. The number of ether oxygens (including phenoxy) is 1. The summed E-state index contributed by atoms with van der Waals surface area (Å²) in [6.45, 7) is 2.65. The molecule has 0 unspecified atom stereocenters. The zero-order chi connectivity index (χ0) is 22.3. The Morgan fingerprint density at radius 2 is 1.78 bits per heavy atom. The Kier molecular flexibility index (Phi) is 5.40. The summed E-state index contributed by atoms with van der Waals surface area (Å²) >= 11 is 0. The van der Waals surface area contributed by atoms with Crippen LogP contribution in [0.15, 0.2) is 64.6 Å². The van der Waals surface area contributed by atoms with Gasteiger partial charge in [0.25, 0.3) is 0 Å². The molecule has 1 atom stereocenters. The highest BCUT2D eigenvalue weighted by molar-refractivity contribution is 7.89. The van der Waals surface area contributed by atoms with Crippen LogP contribution in [0, 0.1) is 0 Å². The second-order valence-corrected chi connectivity index (χ2v) is 10.2. The van der Waals surface area contributed by atoms with E-state index in [9.17, 15) is 18.3 Å². The van der Waals surface area contributed by atoms with Crippen molar-refractivity contribution in [3.05, 3.63) is 65.2 Å². The summed E-state index contributed by atoms with van der Waals surface area (Å²) in [7, 11) is -3.58. The monoisotopic (exact) mass is 455 g/mol. The minimum atomic E-state index is -3.58. The molecule has 2 N–H and O–H groups in total. The standard InChI is InChI=1S/C23H25N3O5S/c27-15-20(16-4-2-1-3-5-16)23(28)25-11-17(12-25)18-13-26(14-18)32(29,30)19-6-7-22-21(10-19)24-8-9-31-22/h1-7,10,20,24,27H,8-9,11-15H2/t20-/m1/s1. The molecule has 9 heteroatoms. The highest BCUT2D eigenvalue weighted by Gasteiger charge is 2.39. The fourth-order valence-electron chi connectivity index (χ4n) is 4.23. The van der Waals surface area contributed by atoms with Crippen molar-refractivity contribution in [1.29, 1.82) is 0 Å². The number of hydrogen-bond donors (Lipinski definition) is 2. The van der Waals surface area contributed by atoms with Crippen molar-refractivity contribution in [1.82, 2.24) is 9.21 Å². The molecule has 0 aliphatic carbocycles. The maximum absolute atomic E-state index is 13.0. The van der Waals surface area contributed by atoms with Crippen molar-refractivity contribution in [2.24, 2.45) is 0 Å². The first-order chi connectivity index (χ1) is 15.5. The van der Waals surface area contributed by atoms with Crippen LogP contribution < -0.4 is 10.1 Å². The van der Waals surface area contributed by atoms with Crippen LogP contribution in [0.3, 0.4) is 0 Å². The summed E-state index contributed by atoms with van der Waals surface area (Å²) in [4.78, 5) is 14.7. The normalized spacial score (nSPS) is 19.2. The second-order valence-electron chi connectivity index (χ2n) is 8.25. The predicted molar refractivity (Wildman–Crippen MR) is 119 cm³/mol. The van der Waals surface area contributed by atoms with E-state index < -0.39 is 15.9 Å². The Morgan fingerprint density at radius 3 is 2.50 bits per heavy atom. The number of likely N-dealkylation sites (tertiary alicyclic amines) is 1. The number of rotatable bonds is 5. The van der Waals surface area contributed by atoms with Gasteiger partial charge in [0.05, 0.1) is 23.1 Å². The number of hydrogen-bond acceptors (Lipinski definition) is 6. The van der Waals surface area contributed by atoms with Crippen LogP contribution in [0.2, 0.25) is 0 Å². The molecule has 1 amide bonds. The number of amides is 1. The lowest BCUT2D eigenvalue weighted by atomic mass is 9.92. The van der Waals surface area contributed by atoms with Crippen LogP contribution in [0.4, 0.5) is 5.69 Å². The van der Waals surface area contributed by atoms with E-state index >= 15 is 0 Å². The van der Waals surface area contributed by atoms with E-state index in [4.69, 9.17) is 4.74 Å². The molecule has 5 rings (SSSR count). The number of benzene rings is 2. The summed E-state index contributed by atoms with van der Waals surface area (Å²) in [5.74, 6) is -0.00391. The Morgan fingerprint density at radius 1 is 1.06 bits per heavy atom. The van der Waals surface area contributed by atoms with Gasteiger partial charge in [0.15, 0.2) is 0 Å². The van der Waals surface area contributed by atoms with Crippen molar-refractivity contribution < 1.29 is 23.1 Å². The number of aliphatic hydroxyl groups excluding tert-OH is 1. The van der Waals surface area contributed by atoms with Gasteiger partial charge in [-0.3, -0.25) is 4.79 Å². The maximum Gasteiger partial charge on any atom is 0.243 e. The lowest BCUT2D eigenvalue weighted by Crippen LogP contribution is -2.52. The molecule has 0 saturated carbocycles. The first kappa shape index (κ1) is 21.0. The Bertz CT molecular complexity index is 1160. The van der Waals surface area contributed by atoms with E-state index in [1.807, 2.05) is 30.3 Å². The second kappa shape index (κ2) is 8.23. The SMILES string of the molecule is O=C([C@H](CO)c1ccccc1)N1CC(=C2CN(S(=O)(=O)c3ccc4c(c3)NCCO4)C2)C1. The van der Waals surface area contributed by atoms with Gasteiger partial charge in [0, 0.05) is 32.7 Å². The number of carbonyl (C=O) groups is 1. The molecule has 3 aliphatic rings. The van der Waals surface area contributed by atoms with Gasteiger partial charge in [-0.05, 0) is 34.9 Å². The molecule has 3 heterocycles. The first-order valence-corrected chi connectivity index (χ1v) is 12.1. The fourth-order valence-corrected chi connectivity index (χ4v) is 5.68. The zero-order valence-electron chi connectivity index (χ0n) is 17.5. The first-order valence-electron chi connectivity index (χ1n) is 10.6. The van der Waals surface area contributed by atoms with Crippen LogP contribution in [-0.4, -0.2) is 74.6 Å². The summed E-state index contributed by atoms with van der Waals surface area (Å²) < 4.78 is 32.9. The van der Waals surface area contributed by atoms with Crippen molar-refractivity contribution in [3.8, 4) is 5.75 Å². The zero-order valence-corrected chi connectivity index (χ0v) is 18.3. The molecule has 2 fully saturated rings. The molecule has 0 bridgehead atoms. The number of sulfonamides is 1. The van der Waals surface area contributed by atoms with Crippen LogP contribution >= 0.6 is 0 Å². The number of fused-ring (bicyclic) bond motifs is 1. The summed E-state index contributed by atoms with van der Waals surface area (Å²) in [6, 6.07) is 14.1. The number of carbonyl (C=O) groups excluding carboxylic acids is 1. The molecule has 0 spiro atoms. The van der Waals surface area contributed by atoms with Gasteiger partial charge in [-0.25, -0.2) is 8.42 Å². The third kappa shape index (κ3) is 3.66. The summed E-state index contributed by atoms with van der Waals surface area (Å²) in [5.41, 5.74) is 3.67. The molecule has 0 aromatic heterocycles. The molecular weight excluding hydrogens is 430 g/mol. The van der Waals surface area contributed by atoms with E-state index in [2.05, 4.69) is 5.32 Å². The van der Waals surface area contributed by atoms with E-state index in [0.29, 0.717) is 50.8 Å². The van der Waals surface area contributed by atoms with Crippen molar-refractivity contribution in [2.75, 3.05) is 51.3 Å². The number of aliphatic hydroxyl groups is 1. The van der Waals surface area contributed by atoms with Gasteiger partial charge in [0.2, 0.25) is 15.9 Å². The largest absolute Gasteiger partial charge is 0.490 e.